The maximum atomic E-state index is 5.65. The van der Waals surface area contributed by atoms with E-state index in [2.05, 4.69) is 20.3 Å². The lowest BCUT2D eigenvalue weighted by molar-refractivity contribution is 0.305. The lowest BCUT2D eigenvalue weighted by Crippen LogP contribution is -2.07. The number of aromatic nitrogens is 3. The molecule has 5 heteroatoms. The lowest BCUT2D eigenvalue weighted by Gasteiger charge is -2.09. The molecule has 0 fully saturated rings. The Kier molecular flexibility index (Phi) is 4.06. The number of nitrogens with zero attached hydrogens (tertiary/aromatic N) is 3. The normalized spacial score (nSPS) is 10.1. The molecule has 94 valence electrons. The summed E-state index contributed by atoms with van der Waals surface area (Å²) < 4.78 is 5.65. The molecule has 1 N–H and O–H groups in total. The van der Waals surface area contributed by atoms with E-state index in [0.29, 0.717) is 12.5 Å². The first-order chi connectivity index (χ1) is 8.81. The van der Waals surface area contributed by atoms with Crippen LogP contribution in [0.5, 0.6) is 5.88 Å². The van der Waals surface area contributed by atoms with Crippen LogP contribution in [0.4, 0.5) is 5.82 Å². The number of ether oxygens (including phenoxy) is 1. The third-order valence-corrected chi connectivity index (χ3v) is 2.60. The molecule has 2 aromatic heterocycles. The summed E-state index contributed by atoms with van der Waals surface area (Å²) in [7, 11) is 1.83. The lowest BCUT2D eigenvalue weighted by atomic mass is 10.3. The van der Waals surface area contributed by atoms with Crippen LogP contribution in [-0.2, 0) is 6.42 Å². The second kappa shape index (κ2) is 5.95. The first-order valence-electron chi connectivity index (χ1n) is 5.83. The third kappa shape index (κ3) is 2.94. The molecular weight excluding hydrogens is 228 g/mol. The van der Waals surface area contributed by atoms with E-state index in [4.69, 9.17) is 4.74 Å². The largest absolute Gasteiger partial charge is 0.477 e. The Labute approximate surface area is 106 Å². The smallest absolute Gasteiger partial charge is 0.221 e. The minimum Gasteiger partial charge on any atom is -0.477 e. The van der Waals surface area contributed by atoms with Crippen LogP contribution in [0.3, 0.4) is 0 Å². The second-order valence-corrected chi connectivity index (χ2v) is 3.82. The Morgan fingerprint density at radius 3 is 2.83 bits per heavy atom. The van der Waals surface area contributed by atoms with E-state index < -0.39 is 0 Å². The molecule has 0 aliphatic heterocycles. The number of nitrogens with one attached hydrogen (secondary N) is 1. The van der Waals surface area contributed by atoms with Crippen molar-refractivity contribution in [1.82, 2.24) is 15.0 Å². The van der Waals surface area contributed by atoms with Gasteiger partial charge in [-0.25, -0.2) is 9.97 Å². The van der Waals surface area contributed by atoms with Crippen molar-refractivity contribution in [2.75, 3.05) is 19.0 Å². The molecule has 0 aromatic carbocycles. The molecule has 0 saturated heterocycles. The highest BCUT2D eigenvalue weighted by atomic mass is 16.5. The van der Waals surface area contributed by atoms with Crippen molar-refractivity contribution in [3.05, 3.63) is 42.0 Å². The molecule has 5 nitrogen and oxygen atoms in total. The average Bonchev–Trinajstić information content (AvgIpc) is 2.42. The van der Waals surface area contributed by atoms with Crippen LogP contribution < -0.4 is 10.1 Å². The summed E-state index contributed by atoms with van der Waals surface area (Å²) in [6, 6.07) is 5.85. The van der Waals surface area contributed by atoms with Gasteiger partial charge in [-0.1, -0.05) is 6.07 Å². The predicted octanol–water partition coefficient (Wildman–Crippen LogP) is 1.84. The Morgan fingerprint density at radius 2 is 2.11 bits per heavy atom. The van der Waals surface area contributed by atoms with Crippen molar-refractivity contribution in [2.45, 2.75) is 13.3 Å². The van der Waals surface area contributed by atoms with Gasteiger partial charge in [0.15, 0.2) is 0 Å². The van der Waals surface area contributed by atoms with Gasteiger partial charge >= 0.3 is 0 Å². The fraction of sp³-hybridized carbons (Fsp3) is 0.308. The zero-order valence-electron chi connectivity index (χ0n) is 10.6. The molecule has 2 rings (SSSR count). The van der Waals surface area contributed by atoms with Gasteiger partial charge in [-0.05, 0) is 19.1 Å². The molecule has 0 spiro atoms. The molecule has 0 saturated carbocycles. The summed E-state index contributed by atoms with van der Waals surface area (Å²) in [6.45, 7) is 2.49. The highest BCUT2D eigenvalue weighted by Gasteiger charge is 2.06. The van der Waals surface area contributed by atoms with Crippen molar-refractivity contribution in [2.24, 2.45) is 0 Å². The molecule has 0 bridgehead atoms. The number of pyridine rings is 1. The van der Waals surface area contributed by atoms with Crippen molar-refractivity contribution in [1.29, 1.82) is 0 Å². The molecule has 2 aromatic rings. The quantitative estimate of drug-likeness (QED) is 0.869. The van der Waals surface area contributed by atoms with E-state index in [1.165, 1.54) is 6.33 Å². The summed E-state index contributed by atoms with van der Waals surface area (Å²) in [5.41, 5.74) is 1.93. The molecule has 0 atom stereocenters. The van der Waals surface area contributed by atoms with Crippen LogP contribution in [-0.4, -0.2) is 28.6 Å². The number of anilines is 1. The van der Waals surface area contributed by atoms with Gasteiger partial charge in [-0.15, -0.1) is 0 Å². The minimum absolute atomic E-state index is 0.554. The van der Waals surface area contributed by atoms with Gasteiger partial charge in [-0.3, -0.25) is 4.98 Å². The van der Waals surface area contributed by atoms with Crippen LogP contribution in [0.1, 0.15) is 11.3 Å². The van der Waals surface area contributed by atoms with Gasteiger partial charge in [0.2, 0.25) is 5.88 Å². The van der Waals surface area contributed by atoms with Gasteiger partial charge in [0.1, 0.15) is 12.1 Å². The molecule has 0 unspecified atom stereocenters. The molecule has 2 heterocycles. The first kappa shape index (κ1) is 12.3. The van der Waals surface area contributed by atoms with Gasteiger partial charge in [0.05, 0.1) is 12.2 Å². The Morgan fingerprint density at radius 1 is 1.22 bits per heavy atom. The maximum absolute atomic E-state index is 5.65. The molecule has 0 amide bonds. The maximum Gasteiger partial charge on any atom is 0.221 e. The van der Waals surface area contributed by atoms with Gasteiger partial charge in [0.25, 0.3) is 0 Å². The summed E-state index contributed by atoms with van der Waals surface area (Å²) in [4.78, 5) is 12.5. The SMILES string of the molecule is CNc1ncnc(OCCc2ccccn2)c1C. The topological polar surface area (TPSA) is 59.9 Å². The fourth-order valence-electron chi connectivity index (χ4n) is 1.63. The number of hydrogen-bond acceptors (Lipinski definition) is 5. The number of hydrogen-bond donors (Lipinski definition) is 1. The summed E-state index contributed by atoms with van der Waals surface area (Å²) in [5.74, 6) is 1.41. The van der Waals surface area contributed by atoms with Crippen LogP contribution in [0, 0.1) is 6.92 Å². The van der Waals surface area contributed by atoms with E-state index in [1.807, 2.05) is 32.2 Å². The summed E-state index contributed by atoms with van der Waals surface area (Å²) >= 11 is 0. The van der Waals surface area contributed by atoms with Crippen molar-refractivity contribution in [3.63, 3.8) is 0 Å². The van der Waals surface area contributed by atoms with E-state index in [1.54, 1.807) is 6.20 Å². The zero-order valence-corrected chi connectivity index (χ0v) is 10.6. The van der Waals surface area contributed by atoms with Crippen LogP contribution in [0.2, 0.25) is 0 Å². The zero-order chi connectivity index (χ0) is 12.8. The molecule has 18 heavy (non-hydrogen) atoms. The van der Waals surface area contributed by atoms with Gasteiger partial charge < -0.3 is 10.1 Å². The van der Waals surface area contributed by atoms with Crippen LogP contribution >= 0.6 is 0 Å². The van der Waals surface area contributed by atoms with E-state index in [0.717, 1.165) is 23.5 Å². The Bertz CT molecular complexity index is 502. The minimum atomic E-state index is 0.554. The fourth-order valence-corrected chi connectivity index (χ4v) is 1.63. The van der Waals surface area contributed by atoms with Gasteiger partial charge in [0, 0.05) is 25.4 Å². The van der Waals surface area contributed by atoms with E-state index in [-0.39, 0.29) is 0 Å². The average molecular weight is 244 g/mol. The Hall–Kier alpha value is -2.17. The standard InChI is InChI=1S/C13H16N4O/c1-10-12(14-2)16-9-17-13(10)18-8-6-11-5-3-4-7-15-11/h3-5,7,9H,6,8H2,1-2H3,(H,14,16,17). The van der Waals surface area contributed by atoms with Crippen LogP contribution in [0.25, 0.3) is 0 Å². The van der Waals surface area contributed by atoms with E-state index in [9.17, 15) is 0 Å². The summed E-state index contributed by atoms with van der Waals surface area (Å²) in [5, 5.41) is 3.00. The van der Waals surface area contributed by atoms with E-state index >= 15 is 0 Å². The highest BCUT2D eigenvalue weighted by Crippen LogP contribution is 2.19. The second-order valence-electron chi connectivity index (χ2n) is 3.82. The van der Waals surface area contributed by atoms with Gasteiger partial charge in [-0.2, -0.15) is 0 Å². The monoisotopic (exact) mass is 244 g/mol. The van der Waals surface area contributed by atoms with Crippen molar-refractivity contribution < 1.29 is 4.74 Å². The predicted molar refractivity (Wildman–Crippen MR) is 69.8 cm³/mol. The molecule has 0 radical (unpaired) electrons. The molecule has 0 aliphatic carbocycles. The van der Waals surface area contributed by atoms with Crippen molar-refractivity contribution in [3.8, 4) is 5.88 Å². The highest BCUT2D eigenvalue weighted by molar-refractivity contribution is 5.46. The Balaban J connectivity index is 1.95. The third-order valence-electron chi connectivity index (χ3n) is 2.60. The van der Waals surface area contributed by atoms with Crippen LogP contribution in [0.15, 0.2) is 30.7 Å². The molecule has 0 aliphatic rings. The summed E-state index contributed by atoms with van der Waals surface area (Å²) in [6.07, 6.45) is 4.04. The first-order valence-corrected chi connectivity index (χ1v) is 5.83. The molecular formula is C13H16N4O. The number of rotatable bonds is 5. The van der Waals surface area contributed by atoms with Crippen molar-refractivity contribution >= 4 is 5.82 Å².